The Bertz CT molecular complexity index is 439. The number of hydrogen-bond acceptors (Lipinski definition) is 2. The molecule has 0 spiro atoms. The summed E-state index contributed by atoms with van der Waals surface area (Å²) in [7, 11) is 0. The van der Waals surface area contributed by atoms with E-state index in [-0.39, 0.29) is 6.42 Å². The van der Waals surface area contributed by atoms with Crippen molar-refractivity contribution in [2.75, 3.05) is 6.61 Å². The first-order valence-electron chi connectivity index (χ1n) is 7.41. The molecule has 1 aliphatic heterocycles. The van der Waals surface area contributed by atoms with Crippen LogP contribution in [0.1, 0.15) is 43.2 Å². The normalized spacial score (nSPS) is 20.7. The van der Waals surface area contributed by atoms with Gasteiger partial charge in [0.05, 0.1) is 17.8 Å². The van der Waals surface area contributed by atoms with Crippen LogP contribution in [0.3, 0.4) is 0 Å². The van der Waals surface area contributed by atoms with Crippen molar-refractivity contribution < 1.29 is 23.0 Å². The highest BCUT2D eigenvalue weighted by molar-refractivity contribution is 5.26. The van der Waals surface area contributed by atoms with Crippen molar-refractivity contribution in [2.24, 2.45) is 0 Å². The smallest absolute Gasteiger partial charge is 0.393 e. The minimum absolute atomic E-state index is 0.259. The fourth-order valence-corrected chi connectivity index (χ4v) is 2.70. The van der Waals surface area contributed by atoms with Gasteiger partial charge in [-0.05, 0) is 50.2 Å². The predicted molar refractivity (Wildman–Crippen MR) is 74.0 cm³/mol. The molecule has 2 unspecified atom stereocenters. The molecule has 1 aromatic rings. The van der Waals surface area contributed by atoms with E-state index in [4.69, 9.17) is 4.74 Å². The van der Waals surface area contributed by atoms with E-state index < -0.39 is 17.8 Å². The molecule has 1 N–H and O–H groups in total. The number of halogens is 3. The highest BCUT2D eigenvalue weighted by atomic mass is 19.4. The zero-order valence-electron chi connectivity index (χ0n) is 11.9. The third kappa shape index (κ3) is 5.32. The van der Waals surface area contributed by atoms with Crippen LogP contribution in [0, 0.1) is 0 Å². The zero-order valence-corrected chi connectivity index (χ0v) is 11.9. The number of alkyl halides is 3. The summed E-state index contributed by atoms with van der Waals surface area (Å²) in [6, 6.07) is 5.17. The van der Waals surface area contributed by atoms with E-state index >= 15 is 0 Å². The van der Waals surface area contributed by atoms with Crippen LogP contribution in [-0.4, -0.2) is 23.9 Å². The number of rotatable bonds is 6. The van der Waals surface area contributed by atoms with E-state index in [0.29, 0.717) is 18.1 Å². The van der Waals surface area contributed by atoms with Crippen molar-refractivity contribution >= 4 is 0 Å². The maximum absolute atomic E-state index is 12.6. The van der Waals surface area contributed by atoms with Gasteiger partial charge in [-0.3, -0.25) is 0 Å². The maximum atomic E-state index is 12.6. The van der Waals surface area contributed by atoms with Crippen molar-refractivity contribution in [1.29, 1.82) is 0 Å². The highest BCUT2D eigenvalue weighted by Crippen LogP contribution is 2.30. The summed E-state index contributed by atoms with van der Waals surface area (Å²) in [6.45, 7) is 0.817. The Hall–Kier alpha value is -1.07. The second-order valence-electron chi connectivity index (χ2n) is 5.62. The number of hydrogen-bond donors (Lipinski definition) is 1. The Kier molecular flexibility index (Phi) is 5.65. The van der Waals surface area contributed by atoms with Crippen LogP contribution in [-0.2, 0) is 17.3 Å². The van der Waals surface area contributed by atoms with Gasteiger partial charge in [0.25, 0.3) is 0 Å². The first-order valence-corrected chi connectivity index (χ1v) is 7.41. The highest BCUT2D eigenvalue weighted by Gasteiger charge is 2.30. The fourth-order valence-electron chi connectivity index (χ4n) is 2.70. The summed E-state index contributed by atoms with van der Waals surface area (Å²) in [5.74, 6) is 0. The molecular formula is C16H21F3O2. The molecule has 118 valence electrons. The molecule has 0 aromatic heterocycles. The lowest BCUT2D eigenvalue weighted by Gasteiger charge is -2.14. The van der Waals surface area contributed by atoms with Gasteiger partial charge in [0.2, 0.25) is 0 Å². The third-order valence-corrected chi connectivity index (χ3v) is 3.81. The van der Waals surface area contributed by atoms with Crippen molar-refractivity contribution in [2.45, 2.75) is 56.9 Å². The molecule has 2 atom stereocenters. The Morgan fingerprint density at radius 3 is 2.81 bits per heavy atom. The number of benzene rings is 1. The standard InChI is InChI=1S/C16H21F3O2/c17-16(18,19)13-5-1-4-12(10-13)11-14(20)6-2-7-15-8-3-9-21-15/h1,4-5,10,14-15,20H,2-3,6-9,11H2. The lowest BCUT2D eigenvalue weighted by Crippen LogP contribution is -2.13. The van der Waals surface area contributed by atoms with Gasteiger partial charge < -0.3 is 9.84 Å². The Labute approximate surface area is 122 Å². The summed E-state index contributed by atoms with van der Waals surface area (Å²) < 4.78 is 43.3. The molecule has 5 heteroatoms. The Morgan fingerprint density at radius 1 is 1.33 bits per heavy atom. The summed E-state index contributed by atoms with van der Waals surface area (Å²) >= 11 is 0. The summed E-state index contributed by atoms with van der Waals surface area (Å²) in [5, 5.41) is 9.95. The Morgan fingerprint density at radius 2 is 2.14 bits per heavy atom. The van der Waals surface area contributed by atoms with Crippen LogP contribution in [0.4, 0.5) is 13.2 Å². The minimum Gasteiger partial charge on any atom is -0.393 e. The van der Waals surface area contributed by atoms with Gasteiger partial charge >= 0.3 is 6.18 Å². The second kappa shape index (κ2) is 7.27. The molecule has 0 radical (unpaired) electrons. The van der Waals surface area contributed by atoms with Crippen molar-refractivity contribution in [3.8, 4) is 0 Å². The van der Waals surface area contributed by atoms with Crippen LogP contribution >= 0.6 is 0 Å². The van der Waals surface area contributed by atoms with Gasteiger partial charge in [0.1, 0.15) is 0 Å². The molecule has 2 nitrogen and oxygen atoms in total. The molecule has 1 aliphatic rings. The van der Waals surface area contributed by atoms with Gasteiger partial charge in [-0.25, -0.2) is 0 Å². The van der Waals surface area contributed by atoms with Crippen molar-refractivity contribution in [1.82, 2.24) is 0 Å². The van der Waals surface area contributed by atoms with Gasteiger partial charge in [-0.1, -0.05) is 18.2 Å². The van der Waals surface area contributed by atoms with Crippen LogP contribution in [0.2, 0.25) is 0 Å². The van der Waals surface area contributed by atoms with Gasteiger partial charge in [0.15, 0.2) is 0 Å². The maximum Gasteiger partial charge on any atom is 0.416 e. The number of aliphatic hydroxyl groups is 1. The molecule has 0 bridgehead atoms. The van der Waals surface area contributed by atoms with E-state index in [9.17, 15) is 18.3 Å². The lowest BCUT2D eigenvalue weighted by molar-refractivity contribution is -0.137. The predicted octanol–water partition coefficient (Wildman–Crippen LogP) is 3.96. The largest absolute Gasteiger partial charge is 0.416 e. The van der Waals surface area contributed by atoms with Crippen LogP contribution in [0.15, 0.2) is 24.3 Å². The average molecular weight is 302 g/mol. The third-order valence-electron chi connectivity index (χ3n) is 3.81. The quantitative estimate of drug-likeness (QED) is 0.862. The Balaban J connectivity index is 1.77. The summed E-state index contributed by atoms with van der Waals surface area (Å²) in [6.07, 6.45) is 0.137. The van der Waals surface area contributed by atoms with Gasteiger partial charge in [0, 0.05) is 6.61 Å². The minimum atomic E-state index is -4.33. The summed E-state index contributed by atoms with van der Waals surface area (Å²) in [5.41, 5.74) is -0.138. The number of aliphatic hydroxyl groups excluding tert-OH is 1. The van der Waals surface area contributed by atoms with Crippen molar-refractivity contribution in [3.63, 3.8) is 0 Å². The first-order chi connectivity index (χ1) is 9.95. The number of ether oxygens (including phenoxy) is 1. The van der Waals surface area contributed by atoms with Crippen LogP contribution in [0.5, 0.6) is 0 Å². The average Bonchev–Trinajstić information content (AvgIpc) is 2.91. The molecule has 21 heavy (non-hydrogen) atoms. The SMILES string of the molecule is OC(CCCC1CCCO1)Cc1cccc(C(F)(F)F)c1. The monoisotopic (exact) mass is 302 g/mol. The molecule has 1 fully saturated rings. The summed E-state index contributed by atoms with van der Waals surface area (Å²) in [4.78, 5) is 0. The first kappa shape index (κ1) is 16.3. The van der Waals surface area contributed by atoms with E-state index in [2.05, 4.69) is 0 Å². The van der Waals surface area contributed by atoms with Gasteiger partial charge in [-0.2, -0.15) is 13.2 Å². The molecule has 2 rings (SSSR count). The molecule has 0 aliphatic carbocycles. The van der Waals surface area contributed by atoms with E-state index in [1.54, 1.807) is 6.07 Å². The van der Waals surface area contributed by atoms with Gasteiger partial charge in [-0.15, -0.1) is 0 Å². The van der Waals surface area contributed by atoms with E-state index in [1.165, 1.54) is 6.07 Å². The molecular weight excluding hydrogens is 281 g/mol. The van der Waals surface area contributed by atoms with Crippen LogP contribution < -0.4 is 0 Å². The molecule has 1 saturated heterocycles. The zero-order chi connectivity index (χ0) is 15.3. The molecule has 0 saturated carbocycles. The lowest BCUT2D eigenvalue weighted by atomic mass is 10.00. The molecule has 1 heterocycles. The topological polar surface area (TPSA) is 29.5 Å². The molecule has 0 amide bonds. The fraction of sp³-hybridized carbons (Fsp3) is 0.625. The van der Waals surface area contributed by atoms with E-state index in [1.807, 2.05) is 0 Å². The second-order valence-corrected chi connectivity index (χ2v) is 5.62. The van der Waals surface area contributed by atoms with Crippen LogP contribution in [0.25, 0.3) is 0 Å². The van der Waals surface area contributed by atoms with Crippen molar-refractivity contribution in [3.05, 3.63) is 35.4 Å². The molecule has 1 aromatic carbocycles. The van der Waals surface area contributed by atoms with E-state index in [0.717, 1.165) is 44.4 Å².